The first-order valence-corrected chi connectivity index (χ1v) is 15.9. The number of hydrogen-bond donors (Lipinski definition) is 2. The number of pyridine rings is 1. The number of halogens is 4. The number of fused-ring (bicyclic) bond motifs is 1. The normalized spacial score (nSPS) is 15.1. The summed E-state index contributed by atoms with van der Waals surface area (Å²) in [5.74, 6) is 5.37. The molecule has 1 saturated heterocycles. The summed E-state index contributed by atoms with van der Waals surface area (Å²) >= 11 is 13.2. The van der Waals surface area contributed by atoms with Crippen LogP contribution < -0.4 is 15.9 Å². The third kappa shape index (κ3) is 7.82. The maximum atomic E-state index is 13.9. The number of carbonyl (C=O) groups is 1. The van der Waals surface area contributed by atoms with Gasteiger partial charge in [-0.2, -0.15) is 9.41 Å². The van der Waals surface area contributed by atoms with E-state index in [1.54, 1.807) is 6.07 Å². The van der Waals surface area contributed by atoms with E-state index >= 15 is 0 Å². The third-order valence-electron chi connectivity index (χ3n) is 7.39. The van der Waals surface area contributed by atoms with Crippen molar-refractivity contribution in [2.75, 3.05) is 6.54 Å². The molecule has 0 bridgehead atoms. The minimum atomic E-state index is -4.15. The van der Waals surface area contributed by atoms with Gasteiger partial charge in [0.25, 0.3) is 0 Å². The number of nitrogens with two attached hydrogens (primary N) is 1. The molecule has 240 valence electrons. The van der Waals surface area contributed by atoms with Crippen molar-refractivity contribution in [1.82, 2.24) is 14.6 Å². The standard InChI is InChI=1S/C31H31Cl2N5O4S.2ClH/c1-19-14-20(2)37-30-23(19)8-4-10-27(30)42-18-24-25(32)11-12-28(29(24)33)43(40,41)38-13-5-9-26(38)31(39)35-16-21-6-3-7-22(15-21)17-36-34;;/h3-4,6-8,10-12,14-15,17,26H,5,9,13,16,18,34H2,1-2H3,(H,35,39);2*1H/t26-;;/m0../s1. The zero-order valence-electron chi connectivity index (χ0n) is 24.5. The summed E-state index contributed by atoms with van der Waals surface area (Å²) in [5, 5.41) is 7.55. The van der Waals surface area contributed by atoms with Crippen LogP contribution in [0.25, 0.3) is 10.9 Å². The minimum absolute atomic E-state index is 0. The first-order valence-electron chi connectivity index (χ1n) is 13.7. The average Bonchev–Trinajstić information content (AvgIpc) is 3.48. The van der Waals surface area contributed by atoms with E-state index < -0.39 is 16.1 Å². The molecule has 5 rings (SSSR count). The molecule has 0 aliphatic carbocycles. The fourth-order valence-electron chi connectivity index (χ4n) is 5.32. The van der Waals surface area contributed by atoms with Crippen molar-refractivity contribution in [1.29, 1.82) is 0 Å². The van der Waals surface area contributed by atoms with Crippen molar-refractivity contribution in [3.8, 4) is 5.75 Å². The summed E-state index contributed by atoms with van der Waals surface area (Å²) in [6.45, 7) is 4.25. The Morgan fingerprint density at radius 3 is 2.64 bits per heavy atom. The Morgan fingerprint density at radius 2 is 1.89 bits per heavy atom. The van der Waals surface area contributed by atoms with Gasteiger partial charge in [-0.1, -0.05) is 53.5 Å². The lowest BCUT2D eigenvalue weighted by Gasteiger charge is -2.24. The maximum Gasteiger partial charge on any atom is 0.245 e. The molecule has 1 fully saturated rings. The Balaban J connectivity index is 0.00000276. The fourth-order valence-corrected chi connectivity index (χ4v) is 7.84. The van der Waals surface area contributed by atoms with Gasteiger partial charge in [0.15, 0.2) is 0 Å². The fraction of sp³-hybridized carbons (Fsp3) is 0.258. The molecule has 4 aromatic rings. The molecule has 14 heteroatoms. The van der Waals surface area contributed by atoms with Gasteiger partial charge >= 0.3 is 0 Å². The highest BCUT2D eigenvalue weighted by molar-refractivity contribution is 7.89. The van der Waals surface area contributed by atoms with E-state index in [1.807, 2.05) is 56.3 Å². The molecule has 0 unspecified atom stereocenters. The molecule has 0 spiro atoms. The molecule has 1 amide bonds. The molecular weight excluding hydrogens is 680 g/mol. The van der Waals surface area contributed by atoms with Crippen molar-refractivity contribution in [2.45, 2.75) is 50.8 Å². The number of aromatic nitrogens is 1. The maximum absolute atomic E-state index is 13.9. The highest BCUT2D eigenvalue weighted by Gasteiger charge is 2.40. The summed E-state index contributed by atoms with van der Waals surface area (Å²) in [6.07, 6.45) is 2.43. The minimum Gasteiger partial charge on any atom is -0.487 e. The van der Waals surface area contributed by atoms with Gasteiger partial charge in [0, 0.05) is 34.8 Å². The van der Waals surface area contributed by atoms with Crippen LogP contribution in [0.5, 0.6) is 5.75 Å². The number of ether oxygens (including phenoxy) is 1. The number of rotatable bonds is 9. The molecule has 3 N–H and O–H groups in total. The zero-order valence-corrected chi connectivity index (χ0v) is 28.5. The Bertz CT molecular complexity index is 1840. The molecule has 1 aromatic heterocycles. The molecular formula is C31H33Cl4N5O4S. The number of benzene rings is 3. The van der Waals surface area contributed by atoms with E-state index in [0.29, 0.717) is 29.7 Å². The molecule has 45 heavy (non-hydrogen) atoms. The Hall–Kier alpha value is -3.12. The number of para-hydroxylation sites is 1. The summed E-state index contributed by atoms with van der Waals surface area (Å²) in [4.78, 5) is 17.7. The van der Waals surface area contributed by atoms with Crippen molar-refractivity contribution >= 4 is 81.1 Å². The molecule has 3 aromatic carbocycles. The first kappa shape index (κ1) is 36.3. The Morgan fingerprint density at radius 1 is 1.13 bits per heavy atom. The second kappa shape index (κ2) is 15.4. The molecule has 2 heterocycles. The van der Waals surface area contributed by atoms with Gasteiger partial charge in [-0.25, -0.2) is 13.4 Å². The van der Waals surface area contributed by atoms with Crippen LogP contribution in [0.15, 0.2) is 70.7 Å². The van der Waals surface area contributed by atoms with Crippen LogP contribution in [0.4, 0.5) is 0 Å². The number of aryl methyl sites for hydroxylation is 2. The number of hydrazone groups is 1. The SMILES string of the molecule is Cc1cc(C)c2cccc(OCc3c(Cl)ccc(S(=O)(=O)N4CCC[C@H]4C(=O)NCc4cccc(C=NN)c4)c3Cl)c2n1.Cl.Cl. The van der Waals surface area contributed by atoms with Gasteiger partial charge in [-0.05, 0) is 73.7 Å². The van der Waals surface area contributed by atoms with Gasteiger partial charge < -0.3 is 15.9 Å². The lowest BCUT2D eigenvalue weighted by Crippen LogP contribution is -2.45. The molecule has 0 radical (unpaired) electrons. The van der Waals surface area contributed by atoms with Crippen LogP contribution in [-0.2, 0) is 28.0 Å². The Kier molecular flexibility index (Phi) is 12.5. The number of carbonyl (C=O) groups excluding carboxylic acids is 1. The van der Waals surface area contributed by atoms with E-state index in [4.69, 9.17) is 33.8 Å². The van der Waals surface area contributed by atoms with E-state index in [2.05, 4.69) is 15.4 Å². The van der Waals surface area contributed by atoms with Gasteiger partial charge in [0.05, 0.1) is 11.2 Å². The predicted octanol–water partition coefficient (Wildman–Crippen LogP) is 6.34. The predicted molar refractivity (Wildman–Crippen MR) is 183 cm³/mol. The average molecular weight is 714 g/mol. The lowest BCUT2D eigenvalue weighted by atomic mass is 10.1. The van der Waals surface area contributed by atoms with E-state index in [1.165, 1.54) is 22.7 Å². The largest absolute Gasteiger partial charge is 0.487 e. The highest BCUT2D eigenvalue weighted by Crippen LogP contribution is 2.36. The zero-order chi connectivity index (χ0) is 30.7. The lowest BCUT2D eigenvalue weighted by molar-refractivity contribution is -0.124. The number of nitrogens with zero attached hydrogens (tertiary/aromatic N) is 3. The highest BCUT2D eigenvalue weighted by atomic mass is 35.5. The summed E-state index contributed by atoms with van der Waals surface area (Å²) in [5.41, 5.74) is 4.56. The number of amides is 1. The molecule has 1 aliphatic rings. The first-order chi connectivity index (χ1) is 20.6. The van der Waals surface area contributed by atoms with Crippen LogP contribution in [0.2, 0.25) is 10.0 Å². The number of nitrogens with one attached hydrogen (secondary N) is 1. The van der Waals surface area contributed by atoms with Crippen LogP contribution in [0, 0.1) is 13.8 Å². The summed E-state index contributed by atoms with van der Waals surface area (Å²) in [6, 6.07) is 17.0. The molecule has 1 aliphatic heterocycles. The second-order valence-electron chi connectivity index (χ2n) is 10.4. The van der Waals surface area contributed by atoms with Crippen LogP contribution in [-0.4, -0.2) is 42.4 Å². The summed E-state index contributed by atoms with van der Waals surface area (Å²) < 4.78 is 35.1. The van der Waals surface area contributed by atoms with Crippen LogP contribution in [0.3, 0.4) is 0 Å². The van der Waals surface area contributed by atoms with Crippen LogP contribution >= 0.6 is 48.0 Å². The van der Waals surface area contributed by atoms with E-state index in [-0.39, 0.29) is 65.4 Å². The van der Waals surface area contributed by atoms with Gasteiger partial charge in [-0.3, -0.25) is 4.79 Å². The van der Waals surface area contributed by atoms with Crippen molar-refractivity contribution in [3.05, 3.63) is 98.7 Å². The van der Waals surface area contributed by atoms with Crippen molar-refractivity contribution in [2.24, 2.45) is 10.9 Å². The molecule has 0 saturated carbocycles. The number of hydrogen-bond acceptors (Lipinski definition) is 7. The van der Waals surface area contributed by atoms with E-state index in [9.17, 15) is 13.2 Å². The molecule has 1 atom stereocenters. The molecule has 9 nitrogen and oxygen atoms in total. The monoisotopic (exact) mass is 711 g/mol. The topological polar surface area (TPSA) is 127 Å². The van der Waals surface area contributed by atoms with Gasteiger partial charge in [0.1, 0.15) is 28.8 Å². The quantitative estimate of drug-likeness (QED) is 0.118. The van der Waals surface area contributed by atoms with Crippen LogP contribution in [0.1, 0.15) is 40.8 Å². The number of sulfonamides is 1. The van der Waals surface area contributed by atoms with Gasteiger partial charge in [0.2, 0.25) is 15.9 Å². The third-order valence-corrected chi connectivity index (χ3v) is 10.2. The van der Waals surface area contributed by atoms with E-state index in [0.717, 1.165) is 27.8 Å². The van der Waals surface area contributed by atoms with Gasteiger partial charge in [-0.15, -0.1) is 24.8 Å². The smallest absolute Gasteiger partial charge is 0.245 e. The Labute approximate surface area is 285 Å². The second-order valence-corrected chi connectivity index (χ2v) is 13.0. The summed E-state index contributed by atoms with van der Waals surface area (Å²) in [7, 11) is -4.15. The van der Waals surface area contributed by atoms with Crippen molar-refractivity contribution < 1.29 is 17.9 Å². The van der Waals surface area contributed by atoms with Crippen molar-refractivity contribution in [3.63, 3.8) is 0 Å².